The van der Waals surface area contributed by atoms with E-state index in [0.717, 1.165) is 11.3 Å². The van der Waals surface area contributed by atoms with Crippen LogP contribution in [0.15, 0.2) is 42.0 Å². The summed E-state index contributed by atoms with van der Waals surface area (Å²) in [5, 5.41) is 9.42. The quantitative estimate of drug-likeness (QED) is 0.520. The standard InChI is InChI=1S/C14H14ClN3O/c1-18(2)13(8-5-11(9-16)14(17)19)10-3-6-12(15)7-4-10/h3-8H,1-2H3,(H2,17,19). The summed E-state index contributed by atoms with van der Waals surface area (Å²) in [6, 6.07) is 9.03. The van der Waals surface area contributed by atoms with E-state index < -0.39 is 5.91 Å². The summed E-state index contributed by atoms with van der Waals surface area (Å²) in [7, 11) is 3.73. The number of carbonyl (C=O) groups is 1. The van der Waals surface area contributed by atoms with Gasteiger partial charge in [-0.25, -0.2) is 0 Å². The number of rotatable bonds is 4. The number of hydrogen-bond acceptors (Lipinski definition) is 3. The highest BCUT2D eigenvalue weighted by Crippen LogP contribution is 2.19. The van der Waals surface area contributed by atoms with E-state index in [1.165, 1.54) is 6.08 Å². The van der Waals surface area contributed by atoms with Gasteiger partial charge in [0.2, 0.25) is 0 Å². The molecule has 2 N–H and O–H groups in total. The molecule has 0 heterocycles. The Morgan fingerprint density at radius 2 is 1.89 bits per heavy atom. The zero-order chi connectivity index (χ0) is 14.4. The molecular formula is C14H14ClN3O. The number of allylic oxidation sites excluding steroid dienone is 2. The summed E-state index contributed by atoms with van der Waals surface area (Å²) in [6.07, 6.45) is 3.08. The second-order valence-corrected chi connectivity index (χ2v) is 4.45. The van der Waals surface area contributed by atoms with Crippen molar-refractivity contribution in [1.82, 2.24) is 4.90 Å². The second kappa shape index (κ2) is 6.62. The number of primary amides is 1. The maximum atomic E-state index is 11.0. The molecule has 0 atom stereocenters. The van der Waals surface area contributed by atoms with Crippen LogP contribution in [-0.2, 0) is 4.79 Å². The number of benzene rings is 1. The molecule has 0 aromatic heterocycles. The molecule has 5 heteroatoms. The van der Waals surface area contributed by atoms with Gasteiger partial charge in [-0.1, -0.05) is 23.7 Å². The second-order valence-electron chi connectivity index (χ2n) is 4.01. The first-order valence-electron chi connectivity index (χ1n) is 5.51. The summed E-state index contributed by atoms with van der Waals surface area (Å²) >= 11 is 5.84. The van der Waals surface area contributed by atoms with Gasteiger partial charge in [0.15, 0.2) is 0 Å². The Balaban J connectivity index is 3.19. The molecule has 0 unspecified atom stereocenters. The zero-order valence-corrected chi connectivity index (χ0v) is 11.5. The summed E-state index contributed by atoms with van der Waals surface area (Å²) in [5.74, 6) is -0.743. The third-order valence-corrected chi connectivity index (χ3v) is 2.67. The molecule has 0 radical (unpaired) electrons. The Bertz CT molecular complexity index is 565. The fourth-order valence-electron chi connectivity index (χ4n) is 1.46. The van der Waals surface area contributed by atoms with Crippen LogP contribution < -0.4 is 5.73 Å². The Labute approximate surface area is 117 Å². The molecule has 1 aromatic rings. The van der Waals surface area contributed by atoms with Crippen molar-refractivity contribution >= 4 is 23.2 Å². The Morgan fingerprint density at radius 1 is 1.32 bits per heavy atom. The van der Waals surface area contributed by atoms with E-state index in [9.17, 15) is 4.79 Å². The number of nitrogens with zero attached hydrogens (tertiary/aromatic N) is 2. The number of halogens is 1. The first-order chi connectivity index (χ1) is 8.95. The van der Waals surface area contributed by atoms with Crippen molar-refractivity contribution in [3.8, 4) is 6.07 Å². The van der Waals surface area contributed by atoms with E-state index in [1.54, 1.807) is 24.3 Å². The molecule has 0 saturated heterocycles. The van der Waals surface area contributed by atoms with Gasteiger partial charge in [-0.3, -0.25) is 4.79 Å². The first kappa shape index (κ1) is 14.8. The zero-order valence-electron chi connectivity index (χ0n) is 10.7. The molecule has 0 bridgehead atoms. The highest BCUT2D eigenvalue weighted by Gasteiger charge is 2.05. The average Bonchev–Trinajstić information content (AvgIpc) is 2.35. The van der Waals surface area contributed by atoms with E-state index in [1.807, 2.05) is 31.1 Å². The van der Waals surface area contributed by atoms with Gasteiger partial charge in [0.25, 0.3) is 5.91 Å². The summed E-state index contributed by atoms with van der Waals surface area (Å²) in [6.45, 7) is 0. The molecule has 0 aliphatic rings. The van der Waals surface area contributed by atoms with Crippen LogP contribution in [0.2, 0.25) is 5.02 Å². The molecule has 0 spiro atoms. The lowest BCUT2D eigenvalue weighted by molar-refractivity contribution is -0.114. The number of hydrogen-bond donors (Lipinski definition) is 1. The highest BCUT2D eigenvalue weighted by molar-refractivity contribution is 6.30. The van der Waals surface area contributed by atoms with Gasteiger partial charge < -0.3 is 10.6 Å². The molecule has 4 nitrogen and oxygen atoms in total. The predicted molar refractivity (Wildman–Crippen MR) is 76.0 cm³/mol. The SMILES string of the molecule is CN(C)C(=CC=C(C#N)C(N)=O)c1ccc(Cl)cc1. The van der Waals surface area contributed by atoms with Gasteiger partial charge in [-0.15, -0.1) is 0 Å². The lowest BCUT2D eigenvalue weighted by Gasteiger charge is -2.17. The Morgan fingerprint density at radius 3 is 2.32 bits per heavy atom. The maximum absolute atomic E-state index is 11.0. The van der Waals surface area contributed by atoms with Crippen LogP contribution in [0.25, 0.3) is 5.70 Å². The fraction of sp³-hybridized carbons (Fsp3) is 0.143. The molecule has 0 aliphatic carbocycles. The third-order valence-electron chi connectivity index (χ3n) is 2.42. The van der Waals surface area contributed by atoms with Crippen LogP contribution in [0.4, 0.5) is 0 Å². The molecule has 0 fully saturated rings. The lowest BCUT2D eigenvalue weighted by Crippen LogP contribution is -2.13. The van der Waals surface area contributed by atoms with Gasteiger partial charge in [0.05, 0.1) is 0 Å². The number of amides is 1. The molecule has 1 rings (SSSR count). The van der Waals surface area contributed by atoms with E-state index in [2.05, 4.69) is 0 Å². The monoisotopic (exact) mass is 275 g/mol. The van der Waals surface area contributed by atoms with Crippen LogP contribution >= 0.6 is 11.6 Å². The maximum Gasteiger partial charge on any atom is 0.259 e. The molecule has 1 aromatic carbocycles. The van der Waals surface area contributed by atoms with Crippen LogP contribution in [-0.4, -0.2) is 24.9 Å². The smallest absolute Gasteiger partial charge is 0.259 e. The van der Waals surface area contributed by atoms with Crippen LogP contribution in [0.3, 0.4) is 0 Å². The normalized spacial score (nSPS) is 11.9. The molecule has 0 saturated carbocycles. The predicted octanol–water partition coefficient (Wildman–Crippen LogP) is 2.18. The van der Waals surface area contributed by atoms with E-state index >= 15 is 0 Å². The van der Waals surface area contributed by atoms with Crippen molar-refractivity contribution in [3.05, 3.63) is 52.6 Å². The minimum Gasteiger partial charge on any atom is -0.377 e. The van der Waals surface area contributed by atoms with Gasteiger partial charge in [-0.2, -0.15) is 5.26 Å². The molecule has 98 valence electrons. The number of nitriles is 1. The van der Waals surface area contributed by atoms with Gasteiger partial charge >= 0.3 is 0 Å². The minimum absolute atomic E-state index is 0.0895. The van der Waals surface area contributed by atoms with Crippen molar-refractivity contribution in [2.45, 2.75) is 0 Å². The lowest BCUT2D eigenvalue weighted by atomic mass is 10.1. The van der Waals surface area contributed by atoms with E-state index in [0.29, 0.717) is 5.02 Å². The summed E-state index contributed by atoms with van der Waals surface area (Å²) < 4.78 is 0. The van der Waals surface area contributed by atoms with Gasteiger partial charge in [-0.05, 0) is 29.8 Å². The minimum atomic E-state index is -0.743. The topological polar surface area (TPSA) is 70.1 Å². The summed E-state index contributed by atoms with van der Waals surface area (Å²) in [5.41, 5.74) is 6.75. The van der Waals surface area contributed by atoms with Crippen molar-refractivity contribution < 1.29 is 4.79 Å². The fourth-order valence-corrected chi connectivity index (χ4v) is 1.59. The summed E-state index contributed by atoms with van der Waals surface area (Å²) in [4.78, 5) is 12.8. The van der Waals surface area contributed by atoms with Crippen molar-refractivity contribution in [2.75, 3.05) is 14.1 Å². The van der Waals surface area contributed by atoms with Crippen LogP contribution in [0.1, 0.15) is 5.56 Å². The van der Waals surface area contributed by atoms with E-state index in [-0.39, 0.29) is 5.57 Å². The third kappa shape index (κ3) is 4.16. The molecule has 1 amide bonds. The van der Waals surface area contributed by atoms with Crippen molar-refractivity contribution in [3.63, 3.8) is 0 Å². The first-order valence-corrected chi connectivity index (χ1v) is 5.88. The molecular weight excluding hydrogens is 262 g/mol. The number of nitrogens with two attached hydrogens (primary N) is 1. The molecule has 0 aliphatic heterocycles. The highest BCUT2D eigenvalue weighted by atomic mass is 35.5. The number of carbonyl (C=O) groups excluding carboxylic acids is 1. The Kier molecular flexibility index (Phi) is 5.16. The van der Waals surface area contributed by atoms with Gasteiger partial charge in [0, 0.05) is 24.8 Å². The van der Waals surface area contributed by atoms with Crippen LogP contribution in [0, 0.1) is 11.3 Å². The van der Waals surface area contributed by atoms with E-state index in [4.69, 9.17) is 22.6 Å². The van der Waals surface area contributed by atoms with Crippen molar-refractivity contribution in [1.29, 1.82) is 5.26 Å². The van der Waals surface area contributed by atoms with Crippen molar-refractivity contribution in [2.24, 2.45) is 5.73 Å². The molecule has 19 heavy (non-hydrogen) atoms. The van der Waals surface area contributed by atoms with Gasteiger partial charge in [0.1, 0.15) is 11.6 Å². The Hall–Kier alpha value is -2.25. The largest absolute Gasteiger partial charge is 0.377 e. The van der Waals surface area contributed by atoms with Crippen LogP contribution in [0.5, 0.6) is 0 Å². The average molecular weight is 276 g/mol.